The van der Waals surface area contributed by atoms with Crippen molar-refractivity contribution in [3.05, 3.63) is 16.3 Å². The molecule has 0 unspecified atom stereocenters. The van der Waals surface area contributed by atoms with Gasteiger partial charge in [-0.15, -0.1) is 11.3 Å². The molecule has 1 aromatic rings. The lowest BCUT2D eigenvalue weighted by Gasteiger charge is -2.23. The monoisotopic (exact) mass is 345 g/mol. The van der Waals surface area contributed by atoms with Crippen LogP contribution >= 0.6 is 11.3 Å². The number of rotatable bonds is 7. The number of halogens is 3. The van der Waals surface area contributed by atoms with E-state index in [1.165, 1.54) is 5.38 Å². The third-order valence-electron chi connectivity index (χ3n) is 2.56. The fourth-order valence-corrected chi connectivity index (χ4v) is 4.31. The van der Waals surface area contributed by atoms with Gasteiger partial charge in [-0.2, -0.15) is 17.5 Å². The van der Waals surface area contributed by atoms with Gasteiger partial charge in [0.2, 0.25) is 10.0 Å². The van der Waals surface area contributed by atoms with Gasteiger partial charge < -0.3 is 5.11 Å². The van der Waals surface area contributed by atoms with Crippen molar-refractivity contribution in [1.29, 1.82) is 0 Å². The van der Waals surface area contributed by atoms with Gasteiger partial charge in [-0.25, -0.2) is 13.2 Å². The number of hydrogen-bond acceptors (Lipinski definition) is 4. The molecule has 0 aromatic carbocycles. The second kappa shape index (κ2) is 6.75. The first-order valence-corrected chi connectivity index (χ1v) is 8.29. The molecule has 0 atom stereocenters. The minimum Gasteiger partial charge on any atom is -0.477 e. The smallest absolute Gasteiger partial charge is 0.402 e. The lowest BCUT2D eigenvalue weighted by molar-refractivity contribution is -0.136. The van der Waals surface area contributed by atoms with Crippen LogP contribution in [0.15, 0.2) is 16.3 Å². The summed E-state index contributed by atoms with van der Waals surface area (Å²) in [7, 11) is -4.50. The van der Waals surface area contributed by atoms with E-state index >= 15 is 0 Å². The Kier molecular flexibility index (Phi) is 5.76. The summed E-state index contributed by atoms with van der Waals surface area (Å²) in [5, 5.41) is 10.1. The fraction of sp³-hybridized carbons (Fsp3) is 0.545. The van der Waals surface area contributed by atoms with Crippen LogP contribution in [0.1, 0.15) is 29.4 Å². The van der Waals surface area contributed by atoms with Crippen LogP contribution in [0.25, 0.3) is 0 Å². The van der Waals surface area contributed by atoms with E-state index in [1.807, 2.05) is 0 Å². The summed E-state index contributed by atoms with van der Waals surface area (Å²) < 4.78 is 62.5. The van der Waals surface area contributed by atoms with Crippen LogP contribution in [0, 0.1) is 0 Å². The molecule has 21 heavy (non-hydrogen) atoms. The Bertz CT molecular complexity index is 595. The predicted octanol–water partition coefficient (Wildman–Crippen LogP) is 2.80. The predicted molar refractivity (Wildman–Crippen MR) is 71.0 cm³/mol. The number of sulfonamides is 1. The molecule has 0 bridgehead atoms. The van der Waals surface area contributed by atoms with Crippen LogP contribution in [-0.2, 0) is 10.0 Å². The Labute approximate surface area is 124 Å². The number of hydrogen-bond donors (Lipinski definition) is 1. The zero-order valence-corrected chi connectivity index (χ0v) is 12.7. The molecule has 5 nitrogen and oxygen atoms in total. The highest BCUT2D eigenvalue weighted by atomic mass is 32.2. The first kappa shape index (κ1) is 17.9. The van der Waals surface area contributed by atoms with Crippen LogP contribution in [0.4, 0.5) is 13.2 Å². The van der Waals surface area contributed by atoms with E-state index in [-0.39, 0.29) is 17.3 Å². The molecule has 0 aliphatic carbocycles. The summed E-state index contributed by atoms with van der Waals surface area (Å²) >= 11 is 0.657. The highest BCUT2D eigenvalue weighted by Crippen LogP contribution is 2.28. The van der Waals surface area contributed by atoms with E-state index in [0.29, 0.717) is 17.8 Å². The zero-order valence-electron chi connectivity index (χ0n) is 11.1. The normalized spacial score (nSPS) is 12.8. The second-order valence-corrected chi connectivity index (χ2v) is 7.05. The molecule has 1 N–H and O–H groups in total. The molecule has 0 saturated heterocycles. The molecular weight excluding hydrogens is 331 g/mol. The molecule has 0 radical (unpaired) electrons. The first-order chi connectivity index (χ1) is 9.59. The number of alkyl halides is 3. The highest BCUT2D eigenvalue weighted by molar-refractivity contribution is 7.89. The van der Waals surface area contributed by atoms with Gasteiger partial charge in [0.25, 0.3) is 0 Å². The lowest BCUT2D eigenvalue weighted by atomic mass is 10.3. The van der Waals surface area contributed by atoms with E-state index < -0.39 is 38.5 Å². The van der Waals surface area contributed by atoms with E-state index in [1.54, 1.807) is 6.92 Å². The second-order valence-electron chi connectivity index (χ2n) is 4.23. The average Bonchev–Trinajstić information content (AvgIpc) is 2.82. The average molecular weight is 345 g/mol. The van der Waals surface area contributed by atoms with Crippen molar-refractivity contribution in [3.8, 4) is 0 Å². The van der Waals surface area contributed by atoms with Crippen LogP contribution in [0.2, 0.25) is 0 Å². The molecule has 0 fully saturated rings. The third-order valence-corrected chi connectivity index (χ3v) is 5.48. The van der Waals surface area contributed by atoms with Gasteiger partial charge in [0, 0.05) is 6.54 Å². The van der Waals surface area contributed by atoms with Gasteiger partial charge in [-0.05, 0) is 17.9 Å². The van der Waals surface area contributed by atoms with Crippen molar-refractivity contribution in [2.24, 2.45) is 0 Å². The zero-order chi connectivity index (χ0) is 16.3. The van der Waals surface area contributed by atoms with Gasteiger partial charge >= 0.3 is 12.1 Å². The molecule has 0 aliphatic rings. The maximum Gasteiger partial charge on any atom is 0.402 e. The standard InChI is InChI=1S/C11H14F3NO4S2/c1-2-3-5-15(7-11(12,13)14)21(18,19)8-4-6-20-9(8)10(16)17/h4,6H,2-3,5,7H2,1H3,(H,16,17). The Morgan fingerprint density at radius 2 is 2.05 bits per heavy atom. The quantitative estimate of drug-likeness (QED) is 0.825. The number of carboxylic acids is 1. The van der Waals surface area contributed by atoms with Crippen LogP contribution in [0.3, 0.4) is 0 Å². The van der Waals surface area contributed by atoms with Crippen molar-refractivity contribution in [2.45, 2.75) is 30.8 Å². The lowest BCUT2D eigenvalue weighted by Crippen LogP contribution is -2.39. The summed E-state index contributed by atoms with van der Waals surface area (Å²) in [6.07, 6.45) is -3.93. The Hall–Kier alpha value is -1.13. The number of thiophene rings is 1. The summed E-state index contributed by atoms with van der Waals surface area (Å²) in [4.78, 5) is 9.87. The van der Waals surface area contributed by atoms with E-state index in [2.05, 4.69) is 0 Å². The van der Waals surface area contributed by atoms with Crippen LogP contribution in [-0.4, -0.2) is 43.1 Å². The topological polar surface area (TPSA) is 74.7 Å². The van der Waals surface area contributed by atoms with Gasteiger partial charge in [0.1, 0.15) is 16.3 Å². The molecule has 10 heteroatoms. The van der Waals surface area contributed by atoms with Crippen molar-refractivity contribution in [3.63, 3.8) is 0 Å². The maximum atomic E-state index is 12.5. The number of carboxylic acid groups (broad SMARTS) is 1. The van der Waals surface area contributed by atoms with Crippen LogP contribution in [0.5, 0.6) is 0 Å². The Balaban J connectivity index is 3.20. The fourth-order valence-electron chi connectivity index (χ4n) is 1.61. The molecule has 0 spiro atoms. The molecular formula is C11H14F3NO4S2. The first-order valence-electron chi connectivity index (χ1n) is 5.97. The number of aromatic carboxylic acids is 1. The molecule has 1 aromatic heterocycles. The third kappa shape index (κ3) is 4.68. The molecule has 0 aliphatic heterocycles. The van der Waals surface area contributed by atoms with Gasteiger partial charge in [-0.1, -0.05) is 13.3 Å². The Morgan fingerprint density at radius 1 is 1.43 bits per heavy atom. The Morgan fingerprint density at radius 3 is 2.52 bits per heavy atom. The van der Waals surface area contributed by atoms with E-state index in [4.69, 9.17) is 5.11 Å². The highest BCUT2D eigenvalue weighted by Gasteiger charge is 2.38. The summed E-state index contributed by atoms with van der Waals surface area (Å²) in [5.41, 5.74) is 0. The molecule has 1 rings (SSSR count). The van der Waals surface area contributed by atoms with Crippen molar-refractivity contribution >= 4 is 27.3 Å². The number of nitrogens with zero attached hydrogens (tertiary/aromatic N) is 1. The van der Waals surface area contributed by atoms with Crippen LogP contribution < -0.4 is 0 Å². The summed E-state index contributed by atoms with van der Waals surface area (Å²) in [5.74, 6) is -1.48. The van der Waals surface area contributed by atoms with Crippen molar-refractivity contribution < 1.29 is 31.5 Å². The molecule has 0 saturated carbocycles. The largest absolute Gasteiger partial charge is 0.477 e. The molecule has 1 heterocycles. The van der Waals surface area contributed by atoms with Crippen molar-refractivity contribution in [2.75, 3.05) is 13.1 Å². The van der Waals surface area contributed by atoms with Gasteiger partial charge in [0.15, 0.2) is 0 Å². The van der Waals surface area contributed by atoms with Gasteiger partial charge in [0.05, 0.1) is 0 Å². The van der Waals surface area contributed by atoms with E-state index in [9.17, 15) is 26.4 Å². The summed E-state index contributed by atoms with van der Waals surface area (Å²) in [6.45, 7) is -0.233. The molecule has 120 valence electrons. The minimum absolute atomic E-state index is 0.252. The van der Waals surface area contributed by atoms with Crippen molar-refractivity contribution in [1.82, 2.24) is 4.31 Å². The maximum absolute atomic E-state index is 12.5. The molecule has 0 amide bonds. The minimum atomic E-state index is -4.69. The SMILES string of the molecule is CCCCN(CC(F)(F)F)S(=O)(=O)c1ccsc1C(=O)O. The number of carbonyl (C=O) groups is 1. The van der Waals surface area contributed by atoms with Gasteiger partial charge in [-0.3, -0.25) is 0 Å². The number of unbranched alkanes of at least 4 members (excludes halogenated alkanes) is 1. The summed E-state index contributed by atoms with van der Waals surface area (Å²) in [6, 6.07) is 1.01. The van der Waals surface area contributed by atoms with E-state index in [0.717, 1.165) is 6.07 Å².